The Kier molecular flexibility index (Phi) is 7.03. The number of amides is 1. The molecule has 0 aromatic carbocycles. The normalized spacial score (nSPS) is 13.4. The Bertz CT molecular complexity index is 329. The molecule has 118 valence electrons. The molecule has 0 aliphatic carbocycles. The molecule has 0 fully saturated rings. The van der Waals surface area contributed by atoms with Crippen molar-refractivity contribution in [1.82, 2.24) is 4.90 Å². The molecule has 0 aromatic rings. The van der Waals surface area contributed by atoms with Gasteiger partial charge in [-0.05, 0) is 40.5 Å². The first-order chi connectivity index (χ1) is 9.05. The van der Waals surface area contributed by atoms with E-state index in [0.717, 1.165) is 0 Å². The first-order valence-electron chi connectivity index (χ1n) is 7.29. The molecule has 0 saturated heterocycles. The van der Waals surface area contributed by atoms with Gasteiger partial charge >= 0.3 is 12.1 Å². The summed E-state index contributed by atoms with van der Waals surface area (Å²) in [6.07, 6.45) is 0.852. The van der Waals surface area contributed by atoms with Crippen molar-refractivity contribution in [2.24, 2.45) is 5.92 Å². The van der Waals surface area contributed by atoms with Crippen molar-refractivity contribution in [1.29, 1.82) is 0 Å². The second-order valence-corrected chi connectivity index (χ2v) is 6.34. The smallest absolute Gasteiger partial charge is 0.411 e. The summed E-state index contributed by atoms with van der Waals surface area (Å²) in [6, 6.07) is -1.08. The van der Waals surface area contributed by atoms with Crippen molar-refractivity contribution in [3.05, 3.63) is 0 Å². The number of rotatable bonds is 6. The van der Waals surface area contributed by atoms with Crippen LogP contribution in [0.2, 0.25) is 0 Å². The maximum absolute atomic E-state index is 12.3. The zero-order chi connectivity index (χ0) is 16.1. The fourth-order valence-electron chi connectivity index (χ4n) is 2.24. The van der Waals surface area contributed by atoms with Crippen LogP contribution in [0.3, 0.4) is 0 Å². The summed E-state index contributed by atoms with van der Waals surface area (Å²) >= 11 is 0. The van der Waals surface area contributed by atoms with Gasteiger partial charge in [0.05, 0.1) is 0 Å². The van der Waals surface area contributed by atoms with Crippen molar-refractivity contribution < 1.29 is 19.4 Å². The molecule has 5 nitrogen and oxygen atoms in total. The summed E-state index contributed by atoms with van der Waals surface area (Å²) in [4.78, 5) is 25.3. The van der Waals surface area contributed by atoms with Gasteiger partial charge in [-0.2, -0.15) is 0 Å². The van der Waals surface area contributed by atoms with E-state index in [1.54, 1.807) is 20.8 Å². The average molecular weight is 287 g/mol. The lowest BCUT2D eigenvalue weighted by Gasteiger charge is -2.37. The molecule has 1 atom stereocenters. The Morgan fingerprint density at radius 3 is 1.85 bits per heavy atom. The highest BCUT2D eigenvalue weighted by Crippen LogP contribution is 2.23. The number of carboxylic acids is 1. The van der Waals surface area contributed by atoms with E-state index in [-0.39, 0.29) is 12.0 Å². The standard InChI is InChI=1S/C15H29NO4/c1-8-11(9-2)12(13(17)18)16(10(3)4)14(19)20-15(5,6)7/h10-12H,8-9H2,1-7H3,(H,17,18). The van der Waals surface area contributed by atoms with Crippen LogP contribution in [0.4, 0.5) is 4.79 Å². The first kappa shape index (κ1) is 18.7. The van der Waals surface area contributed by atoms with E-state index in [0.29, 0.717) is 12.8 Å². The molecule has 0 aliphatic heterocycles. The zero-order valence-electron chi connectivity index (χ0n) is 13.8. The minimum absolute atomic E-state index is 0.0811. The number of carbonyl (C=O) groups excluding carboxylic acids is 1. The minimum Gasteiger partial charge on any atom is -0.480 e. The molecule has 0 heterocycles. The molecular formula is C15H29NO4. The lowest BCUT2D eigenvalue weighted by molar-refractivity contribution is -0.146. The van der Waals surface area contributed by atoms with Gasteiger partial charge < -0.3 is 9.84 Å². The molecule has 1 N–H and O–H groups in total. The molecule has 1 amide bonds. The van der Waals surface area contributed by atoms with Crippen molar-refractivity contribution in [3.63, 3.8) is 0 Å². The van der Waals surface area contributed by atoms with Gasteiger partial charge in [0.1, 0.15) is 11.6 Å². The quantitative estimate of drug-likeness (QED) is 0.811. The van der Waals surface area contributed by atoms with Crippen LogP contribution in [0.5, 0.6) is 0 Å². The van der Waals surface area contributed by atoms with Crippen LogP contribution in [-0.4, -0.2) is 39.8 Å². The third-order valence-electron chi connectivity index (χ3n) is 3.21. The topological polar surface area (TPSA) is 66.8 Å². The highest BCUT2D eigenvalue weighted by atomic mass is 16.6. The molecule has 1 unspecified atom stereocenters. The van der Waals surface area contributed by atoms with E-state index < -0.39 is 23.7 Å². The minimum atomic E-state index is -0.974. The van der Waals surface area contributed by atoms with Gasteiger partial charge in [0.15, 0.2) is 0 Å². The van der Waals surface area contributed by atoms with Gasteiger partial charge in [-0.15, -0.1) is 0 Å². The number of hydrogen-bond acceptors (Lipinski definition) is 3. The Balaban J connectivity index is 5.40. The summed E-state index contributed by atoms with van der Waals surface area (Å²) < 4.78 is 5.36. The third kappa shape index (κ3) is 5.39. The van der Waals surface area contributed by atoms with Crippen molar-refractivity contribution in [2.45, 2.75) is 79.0 Å². The van der Waals surface area contributed by atoms with Crippen molar-refractivity contribution in [3.8, 4) is 0 Å². The van der Waals surface area contributed by atoms with E-state index in [1.165, 1.54) is 4.90 Å². The fourth-order valence-corrected chi connectivity index (χ4v) is 2.24. The summed E-state index contributed by atoms with van der Waals surface area (Å²) in [6.45, 7) is 12.8. The molecule has 0 spiro atoms. The number of ether oxygens (including phenoxy) is 1. The summed E-state index contributed by atoms with van der Waals surface area (Å²) in [5, 5.41) is 9.52. The third-order valence-corrected chi connectivity index (χ3v) is 3.21. The maximum atomic E-state index is 12.3. The number of hydrogen-bond donors (Lipinski definition) is 1. The Labute approximate surface area is 122 Å². The van der Waals surface area contributed by atoms with Crippen LogP contribution in [0.1, 0.15) is 61.3 Å². The van der Waals surface area contributed by atoms with Gasteiger partial charge in [0.25, 0.3) is 0 Å². The number of aliphatic carboxylic acids is 1. The van der Waals surface area contributed by atoms with Crippen LogP contribution >= 0.6 is 0 Å². The first-order valence-corrected chi connectivity index (χ1v) is 7.29. The Hall–Kier alpha value is -1.26. The van der Waals surface area contributed by atoms with Gasteiger partial charge in [0.2, 0.25) is 0 Å². The molecule has 20 heavy (non-hydrogen) atoms. The molecule has 0 radical (unpaired) electrons. The van der Waals surface area contributed by atoms with Gasteiger partial charge in [-0.1, -0.05) is 26.7 Å². The van der Waals surface area contributed by atoms with Crippen molar-refractivity contribution >= 4 is 12.1 Å². The lowest BCUT2D eigenvalue weighted by Crippen LogP contribution is -2.53. The molecule has 0 bridgehead atoms. The van der Waals surface area contributed by atoms with Crippen LogP contribution in [0, 0.1) is 5.92 Å². The second kappa shape index (κ2) is 7.50. The highest BCUT2D eigenvalue weighted by Gasteiger charge is 2.38. The highest BCUT2D eigenvalue weighted by molar-refractivity contribution is 5.80. The average Bonchev–Trinajstić information content (AvgIpc) is 2.25. The monoisotopic (exact) mass is 287 g/mol. The second-order valence-electron chi connectivity index (χ2n) is 6.34. The lowest BCUT2D eigenvalue weighted by atomic mass is 9.92. The van der Waals surface area contributed by atoms with E-state index >= 15 is 0 Å². The Morgan fingerprint density at radius 1 is 1.15 bits per heavy atom. The van der Waals surface area contributed by atoms with E-state index in [4.69, 9.17) is 4.74 Å². The van der Waals surface area contributed by atoms with E-state index in [2.05, 4.69) is 0 Å². The Morgan fingerprint density at radius 2 is 1.60 bits per heavy atom. The van der Waals surface area contributed by atoms with Crippen molar-refractivity contribution in [2.75, 3.05) is 0 Å². The summed E-state index contributed by atoms with van der Waals surface area (Å²) in [5.41, 5.74) is -0.638. The zero-order valence-corrected chi connectivity index (χ0v) is 13.8. The summed E-state index contributed by atoms with van der Waals surface area (Å²) in [5.74, 6) is -1.05. The van der Waals surface area contributed by atoms with Crippen LogP contribution < -0.4 is 0 Å². The van der Waals surface area contributed by atoms with E-state index in [1.807, 2.05) is 27.7 Å². The molecular weight excluding hydrogens is 258 g/mol. The number of carbonyl (C=O) groups is 2. The molecule has 5 heteroatoms. The number of nitrogens with zero attached hydrogens (tertiary/aromatic N) is 1. The molecule has 0 aliphatic rings. The molecule has 0 aromatic heterocycles. The van der Waals surface area contributed by atoms with Gasteiger partial charge in [-0.25, -0.2) is 9.59 Å². The summed E-state index contributed by atoms with van der Waals surface area (Å²) in [7, 11) is 0. The van der Waals surface area contributed by atoms with Gasteiger partial charge in [0, 0.05) is 6.04 Å². The fraction of sp³-hybridized carbons (Fsp3) is 0.867. The van der Waals surface area contributed by atoms with Crippen LogP contribution in [-0.2, 0) is 9.53 Å². The maximum Gasteiger partial charge on any atom is 0.411 e. The predicted octanol–water partition coefficient (Wildman–Crippen LogP) is 3.52. The number of carboxylic acid groups (broad SMARTS) is 1. The molecule has 0 saturated carbocycles. The van der Waals surface area contributed by atoms with E-state index in [9.17, 15) is 14.7 Å². The van der Waals surface area contributed by atoms with Gasteiger partial charge in [-0.3, -0.25) is 4.90 Å². The SMILES string of the molecule is CCC(CC)C(C(=O)O)N(C(=O)OC(C)(C)C)C(C)C. The van der Waals surface area contributed by atoms with Crippen LogP contribution in [0.25, 0.3) is 0 Å². The molecule has 0 rings (SSSR count). The largest absolute Gasteiger partial charge is 0.480 e. The van der Waals surface area contributed by atoms with Crippen LogP contribution in [0.15, 0.2) is 0 Å². The predicted molar refractivity (Wildman–Crippen MR) is 78.7 cm³/mol.